The second kappa shape index (κ2) is 5.08. The number of sulfone groups is 1. The molecule has 1 fully saturated rings. The van der Waals surface area contributed by atoms with Crippen LogP contribution in [0.5, 0.6) is 0 Å². The number of nitrogens with two attached hydrogens (primary N) is 1. The molecule has 1 aliphatic rings. The first-order valence-electron chi connectivity index (χ1n) is 5.76. The van der Waals surface area contributed by atoms with E-state index in [-0.39, 0.29) is 11.3 Å². The first kappa shape index (κ1) is 13.1. The van der Waals surface area contributed by atoms with E-state index in [9.17, 15) is 8.42 Å². The zero-order valence-corrected chi connectivity index (χ0v) is 11.9. The largest absolute Gasteiger partial charge is 0.328 e. The zero-order valence-electron chi connectivity index (χ0n) is 9.47. The molecule has 5 heteroatoms. The molecule has 0 aromatic heterocycles. The van der Waals surface area contributed by atoms with Crippen molar-refractivity contribution in [2.24, 2.45) is 5.73 Å². The second-order valence-corrected chi connectivity index (χ2v) is 7.56. The Hall–Kier alpha value is -0.390. The van der Waals surface area contributed by atoms with Gasteiger partial charge in [-0.3, -0.25) is 0 Å². The van der Waals surface area contributed by atoms with Crippen molar-refractivity contribution in [2.45, 2.75) is 41.9 Å². The standard InChI is InChI=1S/C12H16BrNO2S/c13-11-3-1-2-4-12(11)17(15,16)10-7-5-9(14)6-8-10/h1-4,9-10H,5-8,14H2. The minimum absolute atomic E-state index is 0.167. The first-order valence-corrected chi connectivity index (χ1v) is 8.10. The van der Waals surface area contributed by atoms with Gasteiger partial charge in [0.05, 0.1) is 10.1 Å². The summed E-state index contributed by atoms with van der Waals surface area (Å²) in [7, 11) is -3.22. The molecule has 0 radical (unpaired) electrons. The lowest BCUT2D eigenvalue weighted by Gasteiger charge is -2.26. The molecule has 94 valence electrons. The Morgan fingerprint density at radius 2 is 1.71 bits per heavy atom. The summed E-state index contributed by atoms with van der Waals surface area (Å²) >= 11 is 3.31. The lowest BCUT2D eigenvalue weighted by Crippen LogP contribution is -2.33. The van der Waals surface area contributed by atoms with Gasteiger partial charge in [-0.2, -0.15) is 0 Å². The SMILES string of the molecule is NC1CCC(S(=O)(=O)c2ccccc2Br)CC1. The molecular weight excluding hydrogens is 302 g/mol. The van der Waals surface area contributed by atoms with Gasteiger partial charge in [-0.1, -0.05) is 12.1 Å². The van der Waals surface area contributed by atoms with Gasteiger partial charge in [0.1, 0.15) is 0 Å². The molecule has 3 nitrogen and oxygen atoms in total. The fourth-order valence-corrected chi connectivity index (χ4v) is 5.08. The van der Waals surface area contributed by atoms with E-state index in [0.717, 1.165) is 12.8 Å². The summed E-state index contributed by atoms with van der Waals surface area (Å²) in [6.45, 7) is 0. The number of rotatable bonds is 2. The van der Waals surface area contributed by atoms with E-state index in [1.807, 2.05) is 6.07 Å². The molecule has 1 aromatic rings. The van der Waals surface area contributed by atoms with Crippen LogP contribution >= 0.6 is 15.9 Å². The Bertz CT molecular complexity index is 493. The van der Waals surface area contributed by atoms with Crippen molar-refractivity contribution in [3.05, 3.63) is 28.7 Å². The Morgan fingerprint density at radius 3 is 2.29 bits per heavy atom. The highest BCUT2D eigenvalue weighted by Gasteiger charge is 2.31. The van der Waals surface area contributed by atoms with E-state index in [1.54, 1.807) is 18.2 Å². The van der Waals surface area contributed by atoms with Crippen LogP contribution in [0.1, 0.15) is 25.7 Å². The topological polar surface area (TPSA) is 60.2 Å². The number of halogens is 1. The minimum atomic E-state index is -3.22. The van der Waals surface area contributed by atoms with Crippen molar-refractivity contribution in [2.75, 3.05) is 0 Å². The highest BCUT2D eigenvalue weighted by molar-refractivity contribution is 9.10. The zero-order chi connectivity index (χ0) is 12.5. The summed E-state index contributed by atoms with van der Waals surface area (Å²) in [6, 6.07) is 7.17. The summed E-state index contributed by atoms with van der Waals surface area (Å²) in [6.07, 6.45) is 2.94. The van der Waals surface area contributed by atoms with Gasteiger partial charge in [-0.05, 0) is 53.7 Å². The average Bonchev–Trinajstić information content (AvgIpc) is 2.30. The van der Waals surface area contributed by atoms with Crippen molar-refractivity contribution in [3.63, 3.8) is 0 Å². The van der Waals surface area contributed by atoms with E-state index < -0.39 is 9.84 Å². The van der Waals surface area contributed by atoms with Crippen LogP contribution in [0.25, 0.3) is 0 Å². The Balaban J connectivity index is 2.28. The van der Waals surface area contributed by atoms with Crippen LogP contribution in [0.4, 0.5) is 0 Å². The molecule has 0 saturated heterocycles. The summed E-state index contributed by atoms with van der Waals surface area (Å²) < 4.78 is 25.5. The molecule has 0 amide bonds. The van der Waals surface area contributed by atoms with Gasteiger partial charge in [-0.25, -0.2) is 8.42 Å². The molecule has 0 atom stereocenters. The van der Waals surface area contributed by atoms with Gasteiger partial charge in [-0.15, -0.1) is 0 Å². The first-order chi connectivity index (χ1) is 8.01. The third-order valence-corrected chi connectivity index (χ3v) is 6.57. The molecule has 17 heavy (non-hydrogen) atoms. The van der Waals surface area contributed by atoms with E-state index in [0.29, 0.717) is 22.2 Å². The van der Waals surface area contributed by atoms with Gasteiger partial charge in [0.25, 0.3) is 0 Å². The lowest BCUT2D eigenvalue weighted by molar-refractivity contribution is 0.433. The molecular formula is C12H16BrNO2S. The summed E-state index contributed by atoms with van der Waals surface area (Å²) in [5.74, 6) is 0. The number of benzene rings is 1. The summed E-state index contributed by atoms with van der Waals surface area (Å²) in [5.41, 5.74) is 5.80. The van der Waals surface area contributed by atoms with Gasteiger partial charge in [0, 0.05) is 10.5 Å². The van der Waals surface area contributed by atoms with Crippen molar-refractivity contribution in [1.82, 2.24) is 0 Å². The molecule has 1 saturated carbocycles. The molecule has 0 bridgehead atoms. The maximum absolute atomic E-state index is 12.4. The van der Waals surface area contributed by atoms with Gasteiger partial charge in [0.2, 0.25) is 0 Å². The molecule has 0 heterocycles. The van der Waals surface area contributed by atoms with Crippen LogP contribution in [0.2, 0.25) is 0 Å². The molecule has 2 N–H and O–H groups in total. The molecule has 0 unspecified atom stereocenters. The second-order valence-electron chi connectivity index (χ2n) is 4.51. The van der Waals surface area contributed by atoms with Crippen LogP contribution in [0, 0.1) is 0 Å². The van der Waals surface area contributed by atoms with E-state index in [2.05, 4.69) is 15.9 Å². The summed E-state index contributed by atoms with van der Waals surface area (Å²) in [5, 5.41) is -0.277. The Morgan fingerprint density at radius 1 is 1.12 bits per heavy atom. The molecule has 0 spiro atoms. The van der Waals surface area contributed by atoms with Crippen LogP contribution in [-0.2, 0) is 9.84 Å². The maximum atomic E-state index is 12.4. The van der Waals surface area contributed by atoms with E-state index >= 15 is 0 Å². The molecule has 1 aliphatic carbocycles. The highest BCUT2D eigenvalue weighted by Crippen LogP contribution is 2.31. The number of hydrogen-bond donors (Lipinski definition) is 1. The molecule has 1 aromatic carbocycles. The van der Waals surface area contributed by atoms with Crippen LogP contribution in [0.3, 0.4) is 0 Å². The predicted octanol–water partition coefficient (Wildman–Crippen LogP) is 2.49. The fraction of sp³-hybridized carbons (Fsp3) is 0.500. The van der Waals surface area contributed by atoms with Gasteiger partial charge >= 0.3 is 0 Å². The quantitative estimate of drug-likeness (QED) is 0.911. The van der Waals surface area contributed by atoms with Crippen molar-refractivity contribution in [3.8, 4) is 0 Å². The third-order valence-electron chi connectivity index (χ3n) is 3.30. The Kier molecular flexibility index (Phi) is 3.90. The van der Waals surface area contributed by atoms with Crippen LogP contribution < -0.4 is 5.73 Å². The highest BCUT2D eigenvalue weighted by atomic mass is 79.9. The monoisotopic (exact) mass is 317 g/mol. The Labute approximate surface area is 110 Å². The summed E-state index contributed by atoms with van der Waals surface area (Å²) in [4.78, 5) is 0.403. The maximum Gasteiger partial charge on any atom is 0.182 e. The van der Waals surface area contributed by atoms with Crippen LogP contribution in [0.15, 0.2) is 33.6 Å². The average molecular weight is 318 g/mol. The van der Waals surface area contributed by atoms with Crippen molar-refractivity contribution >= 4 is 25.8 Å². The normalized spacial score (nSPS) is 25.8. The number of hydrogen-bond acceptors (Lipinski definition) is 3. The minimum Gasteiger partial charge on any atom is -0.328 e. The molecule has 0 aliphatic heterocycles. The fourth-order valence-electron chi connectivity index (χ4n) is 2.25. The van der Waals surface area contributed by atoms with Crippen LogP contribution in [-0.4, -0.2) is 19.7 Å². The third kappa shape index (κ3) is 2.72. The van der Waals surface area contributed by atoms with Crippen molar-refractivity contribution in [1.29, 1.82) is 0 Å². The van der Waals surface area contributed by atoms with Crippen molar-refractivity contribution < 1.29 is 8.42 Å². The van der Waals surface area contributed by atoms with E-state index in [1.165, 1.54) is 0 Å². The molecule has 2 rings (SSSR count). The lowest BCUT2D eigenvalue weighted by atomic mass is 9.96. The smallest absolute Gasteiger partial charge is 0.182 e. The van der Waals surface area contributed by atoms with E-state index in [4.69, 9.17) is 5.73 Å². The van der Waals surface area contributed by atoms with Gasteiger partial charge in [0.15, 0.2) is 9.84 Å². The predicted molar refractivity (Wildman–Crippen MR) is 71.6 cm³/mol. The van der Waals surface area contributed by atoms with Gasteiger partial charge < -0.3 is 5.73 Å².